The highest BCUT2D eigenvalue weighted by molar-refractivity contribution is 5.70. The van der Waals surface area contributed by atoms with Crippen LogP contribution in [-0.4, -0.2) is 23.2 Å². The van der Waals surface area contributed by atoms with E-state index in [1.807, 2.05) is 0 Å². The smallest absolute Gasteiger partial charge is 0.422 e. The van der Waals surface area contributed by atoms with Crippen molar-refractivity contribution in [1.29, 1.82) is 0 Å². The quantitative estimate of drug-likeness (QED) is 0.781. The van der Waals surface area contributed by atoms with E-state index in [2.05, 4.69) is 5.10 Å². The van der Waals surface area contributed by atoms with E-state index < -0.39 is 22.7 Å². The molecule has 0 spiro atoms. The van der Waals surface area contributed by atoms with Gasteiger partial charge in [0.15, 0.2) is 0 Å². The Morgan fingerprint density at radius 2 is 1.96 bits per heavy atom. The molecule has 5 nitrogen and oxygen atoms in total. The van der Waals surface area contributed by atoms with Crippen molar-refractivity contribution < 1.29 is 22.7 Å². The molecular weight excluding hydrogens is 349 g/mol. The van der Waals surface area contributed by atoms with Gasteiger partial charge in [-0.05, 0) is 43.0 Å². The lowest BCUT2D eigenvalue weighted by Crippen LogP contribution is -2.35. The molecule has 0 N–H and O–H groups in total. The van der Waals surface area contributed by atoms with E-state index in [0.29, 0.717) is 17.6 Å². The molecule has 1 heterocycles. The topological polar surface area (TPSA) is 61.2 Å². The molecule has 0 saturated carbocycles. The SMILES string of the molecule is COc1ccc(Cn2nc3c(c(C(F)(F)F)c2=O)CCC3(C)C=O)cc1. The monoisotopic (exact) mass is 366 g/mol. The van der Waals surface area contributed by atoms with Gasteiger partial charge in [0.25, 0.3) is 5.56 Å². The van der Waals surface area contributed by atoms with E-state index in [4.69, 9.17) is 4.74 Å². The van der Waals surface area contributed by atoms with Crippen LogP contribution in [0.15, 0.2) is 29.1 Å². The predicted octanol–water partition coefficient (Wildman–Crippen LogP) is 2.72. The molecule has 1 aromatic carbocycles. The minimum Gasteiger partial charge on any atom is -0.497 e. The van der Waals surface area contributed by atoms with Gasteiger partial charge < -0.3 is 9.53 Å². The van der Waals surface area contributed by atoms with Gasteiger partial charge in [-0.3, -0.25) is 4.79 Å². The average Bonchev–Trinajstić information content (AvgIpc) is 2.92. The van der Waals surface area contributed by atoms with Crippen molar-refractivity contribution in [3.8, 4) is 5.75 Å². The zero-order valence-corrected chi connectivity index (χ0v) is 14.3. The fourth-order valence-electron chi connectivity index (χ4n) is 3.23. The summed E-state index contributed by atoms with van der Waals surface area (Å²) >= 11 is 0. The second-order valence-corrected chi connectivity index (χ2v) is 6.55. The number of hydrogen-bond acceptors (Lipinski definition) is 4. The maximum absolute atomic E-state index is 13.5. The molecule has 1 aliphatic carbocycles. The summed E-state index contributed by atoms with van der Waals surface area (Å²) in [6.45, 7) is 1.41. The standard InChI is InChI=1S/C18H17F3N2O3/c1-17(10-24)8-7-13-14(18(19,20)21)16(25)23(22-15(13)17)9-11-3-5-12(26-2)6-4-11/h3-6,10H,7-9H2,1-2H3. The highest BCUT2D eigenvalue weighted by Gasteiger charge is 2.46. The number of aromatic nitrogens is 2. The van der Waals surface area contributed by atoms with Crippen molar-refractivity contribution in [3.05, 3.63) is 57.0 Å². The van der Waals surface area contributed by atoms with Gasteiger partial charge >= 0.3 is 6.18 Å². The summed E-state index contributed by atoms with van der Waals surface area (Å²) < 4.78 is 46.4. The lowest BCUT2D eigenvalue weighted by molar-refractivity contribution is -0.139. The van der Waals surface area contributed by atoms with Gasteiger partial charge in [-0.25, -0.2) is 4.68 Å². The lowest BCUT2D eigenvalue weighted by Gasteiger charge is -2.19. The number of ether oxygens (including phenoxy) is 1. The highest BCUT2D eigenvalue weighted by Crippen LogP contribution is 2.40. The van der Waals surface area contributed by atoms with E-state index in [1.54, 1.807) is 31.2 Å². The Morgan fingerprint density at radius 1 is 1.31 bits per heavy atom. The molecule has 1 atom stereocenters. The molecule has 2 aromatic rings. The number of nitrogens with zero attached hydrogens (tertiary/aromatic N) is 2. The second-order valence-electron chi connectivity index (χ2n) is 6.55. The first kappa shape index (κ1) is 18.2. The van der Waals surface area contributed by atoms with Gasteiger partial charge in [-0.15, -0.1) is 0 Å². The van der Waals surface area contributed by atoms with Crippen molar-refractivity contribution in [1.82, 2.24) is 9.78 Å². The summed E-state index contributed by atoms with van der Waals surface area (Å²) in [4.78, 5) is 23.9. The zero-order valence-electron chi connectivity index (χ0n) is 14.3. The van der Waals surface area contributed by atoms with E-state index in [1.165, 1.54) is 7.11 Å². The second kappa shape index (κ2) is 6.26. The highest BCUT2D eigenvalue weighted by atomic mass is 19.4. The van der Waals surface area contributed by atoms with Crippen LogP contribution >= 0.6 is 0 Å². The molecule has 0 amide bonds. The third-order valence-corrected chi connectivity index (χ3v) is 4.73. The van der Waals surface area contributed by atoms with Crippen LogP contribution < -0.4 is 10.3 Å². The Morgan fingerprint density at radius 3 is 2.50 bits per heavy atom. The van der Waals surface area contributed by atoms with Crippen molar-refractivity contribution in [2.75, 3.05) is 7.11 Å². The number of benzene rings is 1. The third-order valence-electron chi connectivity index (χ3n) is 4.73. The van der Waals surface area contributed by atoms with Crippen molar-refractivity contribution in [2.45, 2.75) is 37.9 Å². The molecule has 0 saturated heterocycles. The number of alkyl halides is 3. The number of aldehydes is 1. The minimum absolute atomic E-state index is 0.00499. The molecule has 1 aliphatic rings. The van der Waals surface area contributed by atoms with Crippen LogP contribution in [0, 0.1) is 0 Å². The Bertz CT molecular complexity index is 904. The maximum atomic E-state index is 13.5. The van der Waals surface area contributed by atoms with Crippen LogP contribution in [-0.2, 0) is 29.4 Å². The number of hydrogen-bond donors (Lipinski definition) is 0. The fraction of sp³-hybridized carbons (Fsp3) is 0.389. The summed E-state index contributed by atoms with van der Waals surface area (Å²) in [6, 6.07) is 6.58. The van der Waals surface area contributed by atoms with Crippen LogP contribution in [0.3, 0.4) is 0 Å². The van der Waals surface area contributed by atoms with Crippen molar-refractivity contribution in [3.63, 3.8) is 0 Å². The van der Waals surface area contributed by atoms with E-state index in [9.17, 15) is 22.8 Å². The van der Waals surface area contributed by atoms with Crippen LogP contribution in [0.4, 0.5) is 13.2 Å². The largest absolute Gasteiger partial charge is 0.497 e. The zero-order chi connectivity index (χ0) is 19.1. The number of rotatable bonds is 4. The fourth-order valence-corrected chi connectivity index (χ4v) is 3.23. The average molecular weight is 366 g/mol. The van der Waals surface area contributed by atoms with Gasteiger partial charge in [0.05, 0.1) is 24.8 Å². The van der Waals surface area contributed by atoms with Gasteiger partial charge in [-0.2, -0.15) is 18.3 Å². The van der Waals surface area contributed by atoms with Gasteiger partial charge in [0.2, 0.25) is 0 Å². The van der Waals surface area contributed by atoms with Crippen LogP contribution in [0.2, 0.25) is 0 Å². The molecule has 0 fully saturated rings. The maximum Gasteiger partial charge on any atom is 0.422 e. The Labute approximate surface area is 147 Å². The van der Waals surface area contributed by atoms with Crippen LogP contribution in [0.1, 0.15) is 35.7 Å². The summed E-state index contributed by atoms with van der Waals surface area (Å²) in [5.41, 5.74) is -3.07. The molecule has 26 heavy (non-hydrogen) atoms. The normalized spacial score (nSPS) is 19.3. The van der Waals surface area contributed by atoms with Crippen LogP contribution in [0.5, 0.6) is 5.75 Å². The van der Waals surface area contributed by atoms with Gasteiger partial charge in [-0.1, -0.05) is 12.1 Å². The Balaban J connectivity index is 2.15. The number of methoxy groups -OCH3 is 1. The summed E-state index contributed by atoms with van der Waals surface area (Å²) in [6.07, 6.45) is -3.99. The minimum atomic E-state index is -4.81. The molecule has 3 rings (SSSR count). The van der Waals surface area contributed by atoms with Gasteiger partial charge in [0, 0.05) is 0 Å². The van der Waals surface area contributed by atoms with E-state index in [-0.39, 0.29) is 30.6 Å². The van der Waals surface area contributed by atoms with Crippen molar-refractivity contribution >= 4 is 6.29 Å². The number of fused-ring (bicyclic) bond motifs is 1. The summed E-state index contributed by atoms with van der Waals surface area (Å²) in [5.74, 6) is 0.590. The first-order valence-corrected chi connectivity index (χ1v) is 8.00. The van der Waals surface area contributed by atoms with E-state index >= 15 is 0 Å². The molecule has 8 heteroatoms. The molecule has 0 radical (unpaired) electrons. The van der Waals surface area contributed by atoms with Crippen molar-refractivity contribution in [2.24, 2.45) is 0 Å². The Kier molecular flexibility index (Phi) is 4.37. The number of halogens is 3. The predicted molar refractivity (Wildman–Crippen MR) is 87.3 cm³/mol. The number of carbonyl (C=O) groups is 1. The van der Waals surface area contributed by atoms with E-state index in [0.717, 1.165) is 4.68 Å². The molecule has 0 bridgehead atoms. The molecular formula is C18H17F3N2O3. The Hall–Kier alpha value is -2.64. The van der Waals surface area contributed by atoms with Gasteiger partial charge in [0.1, 0.15) is 17.6 Å². The molecule has 0 aliphatic heterocycles. The molecule has 138 valence electrons. The summed E-state index contributed by atoms with van der Waals surface area (Å²) in [5, 5.41) is 4.13. The first-order chi connectivity index (χ1) is 12.2. The number of carbonyl (C=O) groups excluding carboxylic acids is 1. The molecule has 1 aromatic heterocycles. The third kappa shape index (κ3) is 3.00. The first-order valence-electron chi connectivity index (χ1n) is 8.00. The molecule has 1 unspecified atom stereocenters. The van der Waals surface area contributed by atoms with Crippen LogP contribution in [0.25, 0.3) is 0 Å². The lowest BCUT2D eigenvalue weighted by atomic mass is 9.89. The summed E-state index contributed by atoms with van der Waals surface area (Å²) in [7, 11) is 1.50.